The highest BCUT2D eigenvalue weighted by Gasteiger charge is 2.15. The summed E-state index contributed by atoms with van der Waals surface area (Å²) >= 11 is 0. The van der Waals surface area contributed by atoms with Gasteiger partial charge in [-0.3, -0.25) is 14.6 Å². The smallest absolute Gasteiger partial charge is 0.253 e. The second-order valence-corrected chi connectivity index (χ2v) is 5.26. The molecule has 2 aromatic rings. The van der Waals surface area contributed by atoms with Crippen molar-refractivity contribution >= 4 is 11.7 Å². The summed E-state index contributed by atoms with van der Waals surface area (Å²) < 4.78 is 12.8. The van der Waals surface area contributed by atoms with Gasteiger partial charge in [-0.2, -0.15) is 0 Å². The number of pyridine rings is 1. The molecule has 0 saturated heterocycles. The van der Waals surface area contributed by atoms with Crippen LogP contribution in [0.25, 0.3) is 0 Å². The predicted octanol–water partition coefficient (Wildman–Crippen LogP) is 2.92. The Morgan fingerprint density at radius 1 is 1.18 bits per heavy atom. The van der Waals surface area contributed by atoms with Gasteiger partial charge in [0.2, 0.25) is 0 Å². The Hall–Kier alpha value is -2.56. The molecule has 22 heavy (non-hydrogen) atoms. The molecule has 0 aliphatic heterocycles. The van der Waals surface area contributed by atoms with Gasteiger partial charge < -0.3 is 5.32 Å². The van der Waals surface area contributed by atoms with E-state index in [1.807, 2.05) is 6.92 Å². The van der Waals surface area contributed by atoms with E-state index in [1.54, 1.807) is 19.2 Å². The number of benzene rings is 1. The molecule has 4 nitrogen and oxygen atoms in total. The van der Waals surface area contributed by atoms with Crippen molar-refractivity contribution in [3.63, 3.8) is 0 Å². The quantitative estimate of drug-likeness (QED) is 0.864. The summed E-state index contributed by atoms with van der Waals surface area (Å²) in [7, 11) is 0. The Morgan fingerprint density at radius 3 is 2.50 bits per heavy atom. The third kappa shape index (κ3) is 4.22. The van der Waals surface area contributed by atoms with Crippen molar-refractivity contribution in [2.45, 2.75) is 26.3 Å². The highest BCUT2D eigenvalue weighted by molar-refractivity contribution is 5.98. The topological polar surface area (TPSA) is 59.1 Å². The normalized spacial score (nSPS) is 11.8. The molecule has 0 spiro atoms. The number of carbonyl (C=O) groups is 2. The second kappa shape index (κ2) is 6.93. The first-order valence-electron chi connectivity index (χ1n) is 6.97. The molecule has 0 fully saturated rings. The Kier molecular flexibility index (Phi) is 4.99. The van der Waals surface area contributed by atoms with Gasteiger partial charge in [0.1, 0.15) is 5.82 Å². The van der Waals surface area contributed by atoms with Gasteiger partial charge in [0.05, 0.1) is 5.56 Å². The zero-order chi connectivity index (χ0) is 16.1. The predicted molar refractivity (Wildman–Crippen MR) is 81.2 cm³/mol. The van der Waals surface area contributed by atoms with Gasteiger partial charge in [0.25, 0.3) is 5.91 Å². The lowest BCUT2D eigenvalue weighted by molar-refractivity contribution is 0.0918. The molecule has 0 saturated carbocycles. The molecular formula is C17H17FN2O2. The number of aryl methyl sites for hydroxylation is 1. The minimum absolute atomic E-state index is 0.143. The van der Waals surface area contributed by atoms with Gasteiger partial charge in [-0.15, -0.1) is 0 Å². The second-order valence-electron chi connectivity index (χ2n) is 5.26. The van der Waals surface area contributed by atoms with Crippen molar-refractivity contribution in [1.82, 2.24) is 10.3 Å². The molecular weight excluding hydrogens is 283 g/mol. The van der Waals surface area contributed by atoms with Crippen LogP contribution in [0, 0.1) is 12.7 Å². The average molecular weight is 300 g/mol. The number of amides is 1. The highest BCUT2D eigenvalue weighted by Crippen LogP contribution is 2.08. The Balaban J connectivity index is 1.95. The lowest BCUT2D eigenvalue weighted by atomic mass is 10.0. The van der Waals surface area contributed by atoms with Gasteiger partial charge >= 0.3 is 0 Å². The fraction of sp³-hybridized carbons (Fsp3) is 0.235. The molecule has 1 aromatic heterocycles. The van der Waals surface area contributed by atoms with Crippen molar-refractivity contribution in [2.75, 3.05) is 0 Å². The first kappa shape index (κ1) is 15.8. The maximum Gasteiger partial charge on any atom is 0.253 e. The third-order valence-corrected chi connectivity index (χ3v) is 3.17. The van der Waals surface area contributed by atoms with E-state index >= 15 is 0 Å². The van der Waals surface area contributed by atoms with Crippen LogP contribution in [0.15, 0.2) is 42.7 Å². The molecule has 1 amide bonds. The van der Waals surface area contributed by atoms with Crippen molar-refractivity contribution in [2.24, 2.45) is 0 Å². The summed E-state index contributed by atoms with van der Waals surface area (Å²) in [5, 5.41) is 2.76. The first-order valence-corrected chi connectivity index (χ1v) is 6.97. The molecule has 0 radical (unpaired) electrons. The molecule has 0 aliphatic carbocycles. The standard InChI is InChI=1S/C17H17FN2O2/c1-11-7-14(10-19-9-11)17(22)20-12(2)8-16(21)13-3-5-15(18)6-4-13/h3-7,9-10,12H,8H2,1-2H3,(H,20,22)/t12-/m0/s1. The molecule has 0 unspecified atom stereocenters. The molecule has 114 valence electrons. The Bertz CT molecular complexity index is 683. The average Bonchev–Trinajstić information content (AvgIpc) is 2.47. The first-order chi connectivity index (χ1) is 10.5. The number of rotatable bonds is 5. The van der Waals surface area contributed by atoms with E-state index < -0.39 is 0 Å². The summed E-state index contributed by atoms with van der Waals surface area (Å²) in [4.78, 5) is 28.1. The van der Waals surface area contributed by atoms with Gasteiger partial charge in [-0.05, 0) is 49.7 Å². The number of Topliss-reactive ketones (excluding diaryl/α,β-unsaturated/α-hetero) is 1. The molecule has 1 heterocycles. The largest absolute Gasteiger partial charge is 0.349 e. The van der Waals surface area contributed by atoms with Crippen molar-refractivity contribution in [3.05, 3.63) is 65.2 Å². The minimum atomic E-state index is -0.384. The van der Waals surface area contributed by atoms with Gasteiger partial charge in [0, 0.05) is 30.4 Å². The van der Waals surface area contributed by atoms with Crippen LogP contribution in [0.3, 0.4) is 0 Å². The van der Waals surface area contributed by atoms with Gasteiger partial charge in [-0.25, -0.2) is 4.39 Å². The van der Waals surface area contributed by atoms with E-state index in [2.05, 4.69) is 10.3 Å². The monoisotopic (exact) mass is 300 g/mol. The lowest BCUT2D eigenvalue weighted by Gasteiger charge is -2.13. The van der Waals surface area contributed by atoms with Crippen molar-refractivity contribution in [1.29, 1.82) is 0 Å². The van der Waals surface area contributed by atoms with E-state index in [0.717, 1.165) is 5.56 Å². The van der Waals surface area contributed by atoms with Gasteiger partial charge in [0.15, 0.2) is 5.78 Å². The van der Waals surface area contributed by atoms with Crippen LogP contribution in [0.5, 0.6) is 0 Å². The molecule has 0 bridgehead atoms. The van der Waals surface area contributed by atoms with Crippen LogP contribution in [0.2, 0.25) is 0 Å². The molecule has 5 heteroatoms. The van der Waals surface area contributed by atoms with Crippen LogP contribution in [-0.4, -0.2) is 22.7 Å². The molecule has 2 rings (SSSR count). The number of hydrogen-bond donors (Lipinski definition) is 1. The summed E-state index contributed by atoms with van der Waals surface area (Å²) in [6.45, 7) is 3.60. The van der Waals surface area contributed by atoms with Crippen LogP contribution >= 0.6 is 0 Å². The number of halogens is 1. The van der Waals surface area contributed by atoms with Crippen LogP contribution in [-0.2, 0) is 0 Å². The maximum atomic E-state index is 12.8. The minimum Gasteiger partial charge on any atom is -0.349 e. The fourth-order valence-corrected chi connectivity index (χ4v) is 2.07. The van der Waals surface area contributed by atoms with Crippen LogP contribution in [0.1, 0.15) is 39.6 Å². The van der Waals surface area contributed by atoms with Crippen molar-refractivity contribution in [3.8, 4) is 0 Å². The third-order valence-electron chi connectivity index (χ3n) is 3.17. The van der Waals surface area contributed by atoms with Gasteiger partial charge in [-0.1, -0.05) is 0 Å². The number of nitrogens with one attached hydrogen (secondary N) is 1. The summed E-state index contributed by atoms with van der Waals surface area (Å²) in [6.07, 6.45) is 3.30. The molecule has 1 aromatic carbocycles. The summed E-state index contributed by atoms with van der Waals surface area (Å²) in [5.41, 5.74) is 1.78. The van der Waals surface area contributed by atoms with E-state index in [0.29, 0.717) is 11.1 Å². The highest BCUT2D eigenvalue weighted by atomic mass is 19.1. The molecule has 1 N–H and O–H groups in total. The number of nitrogens with zero attached hydrogens (tertiary/aromatic N) is 1. The number of hydrogen-bond acceptors (Lipinski definition) is 3. The number of carbonyl (C=O) groups excluding carboxylic acids is 2. The lowest BCUT2D eigenvalue weighted by Crippen LogP contribution is -2.34. The zero-order valence-electron chi connectivity index (χ0n) is 12.5. The Morgan fingerprint density at radius 2 is 1.86 bits per heavy atom. The zero-order valence-corrected chi connectivity index (χ0v) is 12.5. The summed E-state index contributed by atoms with van der Waals surface area (Å²) in [6, 6.07) is 6.78. The van der Waals surface area contributed by atoms with Crippen LogP contribution in [0.4, 0.5) is 4.39 Å². The Labute approximate surface area is 128 Å². The van der Waals surface area contributed by atoms with E-state index in [4.69, 9.17) is 0 Å². The SMILES string of the molecule is Cc1cncc(C(=O)N[C@@H](C)CC(=O)c2ccc(F)cc2)c1. The maximum absolute atomic E-state index is 12.8. The number of ketones is 1. The number of aromatic nitrogens is 1. The van der Waals surface area contributed by atoms with Crippen molar-refractivity contribution < 1.29 is 14.0 Å². The fourth-order valence-electron chi connectivity index (χ4n) is 2.07. The van der Waals surface area contributed by atoms with E-state index in [9.17, 15) is 14.0 Å². The van der Waals surface area contributed by atoms with E-state index in [1.165, 1.54) is 30.5 Å². The molecule has 1 atom stereocenters. The van der Waals surface area contributed by atoms with E-state index in [-0.39, 0.29) is 30.0 Å². The summed E-state index contributed by atoms with van der Waals surface area (Å²) in [5.74, 6) is -0.796. The molecule has 0 aliphatic rings. The van der Waals surface area contributed by atoms with Crippen LogP contribution < -0.4 is 5.32 Å².